The van der Waals surface area contributed by atoms with Crippen LogP contribution in [0.25, 0.3) is 5.57 Å². The number of benzene rings is 1. The number of allylic oxidation sites excluding steroid dienone is 8. The van der Waals surface area contributed by atoms with Gasteiger partial charge in [-0.3, -0.25) is 4.79 Å². The summed E-state index contributed by atoms with van der Waals surface area (Å²) in [7, 11) is 0. The number of carbonyl (C=O) groups excluding carboxylic acids is 1. The van der Waals surface area contributed by atoms with Gasteiger partial charge in [0, 0.05) is 5.57 Å². The van der Waals surface area contributed by atoms with Crippen molar-refractivity contribution in [2.45, 2.75) is 19.3 Å². The highest BCUT2D eigenvalue weighted by Gasteiger charge is 2.28. The van der Waals surface area contributed by atoms with E-state index in [1.165, 1.54) is 22.3 Å². The lowest BCUT2D eigenvalue weighted by Crippen LogP contribution is -2.16. The van der Waals surface area contributed by atoms with Gasteiger partial charge in [-0.15, -0.1) is 0 Å². The van der Waals surface area contributed by atoms with Crippen LogP contribution in [0.2, 0.25) is 0 Å². The Bertz CT molecular complexity index is 711. The molecule has 3 aliphatic carbocycles. The highest BCUT2D eigenvalue weighted by Crippen LogP contribution is 2.42. The molecule has 0 spiro atoms. The number of ketones is 1. The van der Waals surface area contributed by atoms with E-state index in [1.54, 1.807) is 0 Å². The van der Waals surface area contributed by atoms with Gasteiger partial charge in [0.1, 0.15) is 0 Å². The van der Waals surface area contributed by atoms with E-state index in [0.717, 1.165) is 30.4 Å². The molecule has 0 bridgehead atoms. The molecular formula is C18H14O. The van der Waals surface area contributed by atoms with Crippen molar-refractivity contribution >= 4 is 11.4 Å². The standard InChI is InChI=1S/C18H14O/c19-18-11-17-13-6-2-1-5-12(13)9-10-15(17)14-7-3-4-8-16(14)18/h1-2,4-6,8,10-11H,3,7,9H2. The van der Waals surface area contributed by atoms with Gasteiger partial charge in [-0.25, -0.2) is 0 Å². The van der Waals surface area contributed by atoms with Gasteiger partial charge in [-0.05, 0) is 53.2 Å². The van der Waals surface area contributed by atoms with Gasteiger partial charge >= 0.3 is 0 Å². The summed E-state index contributed by atoms with van der Waals surface area (Å²) in [6.07, 6.45) is 11.2. The van der Waals surface area contributed by atoms with Crippen molar-refractivity contribution in [3.05, 3.63) is 76.4 Å². The number of rotatable bonds is 0. The van der Waals surface area contributed by atoms with Crippen LogP contribution < -0.4 is 0 Å². The quantitative estimate of drug-likeness (QED) is 0.680. The zero-order chi connectivity index (χ0) is 12.8. The van der Waals surface area contributed by atoms with Crippen LogP contribution in [0.5, 0.6) is 0 Å². The average Bonchev–Trinajstić information content (AvgIpc) is 2.47. The van der Waals surface area contributed by atoms with Gasteiger partial charge in [0.2, 0.25) is 0 Å². The Kier molecular flexibility index (Phi) is 2.22. The van der Waals surface area contributed by atoms with Gasteiger partial charge in [-0.1, -0.05) is 42.5 Å². The van der Waals surface area contributed by atoms with Crippen LogP contribution in [0.3, 0.4) is 0 Å². The molecular weight excluding hydrogens is 232 g/mol. The molecule has 0 radical (unpaired) electrons. The zero-order valence-corrected chi connectivity index (χ0v) is 10.6. The molecule has 1 nitrogen and oxygen atoms in total. The van der Waals surface area contributed by atoms with Gasteiger partial charge in [0.15, 0.2) is 5.78 Å². The Hall–Kier alpha value is -2.15. The first-order chi connectivity index (χ1) is 9.34. The summed E-state index contributed by atoms with van der Waals surface area (Å²) in [6, 6.07) is 8.40. The van der Waals surface area contributed by atoms with E-state index in [9.17, 15) is 4.79 Å². The summed E-state index contributed by atoms with van der Waals surface area (Å²) < 4.78 is 0. The summed E-state index contributed by atoms with van der Waals surface area (Å²) in [6.45, 7) is 0. The fourth-order valence-corrected chi connectivity index (χ4v) is 3.25. The van der Waals surface area contributed by atoms with Gasteiger partial charge in [0.25, 0.3) is 0 Å². The SMILES string of the molecule is O=C1C=C2C(=CCc3ccccc32)C2=C1C=CCC2. The molecule has 0 saturated carbocycles. The van der Waals surface area contributed by atoms with Crippen LogP contribution in [0.15, 0.2) is 65.3 Å². The molecule has 1 heteroatoms. The van der Waals surface area contributed by atoms with E-state index in [0.29, 0.717) is 0 Å². The maximum atomic E-state index is 12.3. The van der Waals surface area contributed by atoms with E-state index in [-0.39, 0.29) is 5.78 Å². The van der Waals surface area contributed by atoms with Crippen LogP contribution in [-0.4, -0.2) is 5.78 Å². The van der Waals surface area contributed by atoms with Gasteiger partial charge < -0.3 is 0 Å². The van der Waals surface area contributed by atoms with Crippen molar-refractivity contribution in [3.8, 4) is 0 Å². The minimum Gasteiger partial charge on any atom is -0.289 e. The maximum Gasteiger partial charge on any atom is 0.186 e. The predicted octanol–water partition coefficient (Wildman–Crippen LogP) is 3.78. The van der Waals surface area contributed by atoms with Crippen LogP contribution in [0.1, 0.15) is 24.0 Å². The predicted molar refractivity (Wildman–Crippen MR) is 76.6 cm³/mol. The number of hydrogen-bond acceptors (Lipinski definition) is 1. The molecule has 0 saturated heterocycles. The maximum absolute atomic E-state index is 12.3. The van der Waals surface area contributed by atoms with E-state index in [1.807, 2.05) is 12.2 Å². The van der Waals surface area contributed by atoms with Crippen molar-refractivity contribution in [2.75, 3.05) is 0 Å². The molecule has 0 amide bonds. The second-order valence-corrected chi connectivity index (χ2v) is 5.23. The monoisotopic (exact) mass is 246 g/mol. The molecule has 0 atom stereocenters. The van der Waals surface area contributed by atoms with E-state index in [2.05, 4.69) is 36.4 Å². The van der Waals surface area contributed by atoms with E-state index >= 15 is 0 Å². The van der Waals surface area contributed by atoms with E-state index < -0.39 is 0 Å². The fourth-order valence-electron chi connectivity index (χ4n) is 3.25. The second kappa shape index (κ2) is 3.92. The van der Waals surface area contributed by atoms with Crippen molar-refractivity contribution in [3.63, 3.8) is 0 Å². The lowest BCUT2D eigenvalue weighted by Gasteiger charge is -2.28. The van der Waals surface area contributed by atoms with Gasteiger partial charge in [0.05, 0.1) is 0 Å². The average molecular weight is 246 g/mol. The Labute approximate surface area is 112 Å². The van der Waals surface area contributed by atoms with E-state index in [4.69, 9.17) is 0 Å². The molecule has 0 aliphatic heterocycles. The molecule has 0 heterocycles. The first-order valence-electron chi connectivity index (χ1n) is 6.79. The molecule has 0 N–H and O–H groups in total. The molecule has 19 heavy (non-hydrogen) atoms. The molecule has 1 aromatic carbocycles. The molecule has 1 aromatic rings. The third-order valence-electron chi connectivity index (χ3n) is 4.16. The number of hydrogen-bond donors (Lipinski definition) is 0. The minimum absolute atomic E-state index is 0.162. The summed E-state index contributed by atoms with van der Waals surface area (Å²) >= 11 is 0. The summed E-state index contributed by atoms with van der Waals surface area (Å²) in [4.78, 5) is 12.3. The minimum atomic E-state index is 0.162. The molecule has 3 aliphatic rings. The molecule has 4 rings (SSSR count). The highest BCUT2D eigenvalue weighted by atomic mass is 16.1. The smallest absolute Gasteiger partial charge is 0.186 e. The van der Waals surface area contributed by atoms with Crippen molar-refractivity contribution in [1.29, 1.82) is 0 Å². The van der Waals surface area contributed by atoms with Crippen molar-refractivity contribution < 1.29 is 4.79 Å². The topological polar surface area (TPSA) is 17.1 Å². The summed E-state index contributed by atoms with van der Waals surface area (Å²) in [5.41, 5.74) is 7.12. The number of carbonyl (C=O) groups is 1. The van der Waals surface area contributed by atoms with Crippen LogP contribution in [-0.2, 0) is 11.2 Å². The number of fused-ring (bicyclic) bond motifs is 4. The Morgan fingerprint density at radius 1 is 1.05 bits per heavy atom. The zero-order valence-electron chi connectivity index (χ0n) is 10.6. The normalized spacial score (nSPS) is 20.3. The third kappa shape index (κ3) is 1.51. The van der Waals surface area contributed by atoms with Crippen molar-refractivity contribution in [1.82, 2.24) is 0 Å². The molecule has 0 fully saturated rings. The Morgan fingerprint density at radius 3 is 2.89 bits per heavy atom. The summed E-state index contributed by atoms with van der Waals surface area (Å²) in [5.74, 6) is 0.162. The second-order valence-electron chi connectivity index (χ2n) is 5.23. The van der Waals surface area contributed by atoms with Gasteiger partial charge in [-0.2, -0.15) is 0 Å². The van der Waals surface area contributed by atoms with Crippen LogP contribution in [0, 0.1) is 0 Å². The molecule has 0 unspecified atom stereocenters. The Morgan fingerprint density at radius 2 is 1.95 bits per heavy atom. The molecule has 0 aromatic heterocycles. The third-order valence-corrected chi connectivity index (χ3v) is 4.16. The largest absolute Gasteiger partial charge is 0.289 e. The van der Waals surface area contributed by atoms with Crippen LogP contribution >= 0.6 is 0 Å². The van der Waals surface area contributed by atoms with Crippen molar-refractivity contribution in [2.24, 2.45) is 0 Å². The Balaban J connectivity index is 1.93. The summed E-state index contributed by atoms with van der Waals surface area (Å²) in [5, 5.41) is 0. The molecule has 92 valence electrons. The lowest BCUT2D eigenvalue weighted by molar-refractivity contribution is -0.111. The fraction of sp³-hybridized carbons (Fsp3) is 0.167. The lowest BCUT2D eigenvalue weighted by atomic mass is 9.75. The van der Waals surface area contributed by atoms with Crippen LogP contribution in [0.4, 0.5) is 0 Å². The highest BCUT2D eigenvalue weighted by molar-refractivity contribution is 6.16. The first kappa shape index (κ1) is 10.7. The first-order valence-corrected chi connectivity index (χ1v) is 6.79.